The minimum absolute atomic E-state index is 0.00784. The number of allylic oxidation sites excluding steroid dienone is 1. The first-order chi connectivity index (χ1) is 19.2. The molecule has 2 aromatic carbocycles. The molecule has 0 fully saturated rings. The van der Waals surface area contributed by atoms with Gasteiger partial charge in [0.05, 0.1) is 44.8 Å². The monoisotopic (exact) mass is 556 g/mol. The Balaban J connectivity index is 1.67. The molecule has 0 saturated carbocycles. The lowest BCUT2D eigenvalue weighted by molar-refractivity contribution is -0.136. The van der Waals surface area contributed by atoms with Crippen molar-refractivity contribution in [3.8, 4) is 23.0 Å². The van der Waals surface area contributed by atoms with Crippen LogP contribution in [-0.4, -0.2) is 63.1 Å². The van der Waals surface area contributed by atoms with Crippen molar-refractivity contribution < 1.29 is 38.4 Å². The maximum Gasteiger partial charge on any atom is 0.337 e. The molecule has 1 aliphatic heterocycles. The highest BCUT2D eigenvalue weighted by molar-refractivity contribution is 5.95. The van der Waals surface area contributed by atoms with Gasteiger partial charge in [-0.05, 0) is 69.2 Å². The number of aliphatic hydroxyl groups is 1. The number of esters is 1. The molecule has 0 spiro atoms. The first kappa shape index (κ1) is 30.1. The van der Waals surface area contributed by atoms with Gasteiger partial charge in [0.25, 0.3) is 0 Å². The molecule has 2 aromatic rings. The van der Waals surface area contributed by atoms with E-state index in [1.807, 2.05) is 26.8 Å². The zero-order chi connectivity index (χ0) is 29.2. The summed E-state index contributed by atoms with van der Waals surface area (Å²) in [6.45, 7) is 7.50. The fourth-order valence-electron chi connectivity index (χ4n) is 3.94. The summed E-state index contributed by atoms with van der Waals surface area (Å²) in [4.78, 5) is 24.5. The first-order valence-electron chi connectivity index (χ1n) is 12.7. The van der Waals surface area contributed by atoms with E-state index in [9.17, 15) is 14.7 Å². The van der Waals surface area contributed by atoms with Gasteiger partial charge in [0.2, 0.25) is 0 Å². The molecule has 1 aliphatic rings. The van der Waals surface area contributed by atoms with Crippen molar-refractivity contribution in [3.05, 3.63) is 58.8 Å². The molecular weight excluding hydrogens is 520 g/mol. The average molecular weight is 557 g/mol. The summed E-state index contributed by atoms with van der Waals surface area (Å²) < 4.78 is 27.5. The Morgan fingerprint density at radius 1 is 1.10 bits per heavy atom. The van der Waals surface area contributed by atoms with Crippen molar-refractivity contribution in [1.29, 1.82) is 0 Å². The van der Waals surface area contributed by atoms with E-state index in [0.29, 0.717) is 40.9 Å². The molecule has 3 rings (SSSR count). The van der Waals surface area contributed by atoms with E-state index in [0.717, 1.165) is 5.56 Å². The fraction of sp³-hybridized carbons (Fsp3) is 0.393. The van der Waals surface area contributed by atoms with Crippen LogP contribution in [0.4, 0.5) is 4.79 Å². The van der Waals surface area contributed by atoms with Crippen LogP contribution < -0.4 is 35.0 Å². The topological polar surface area (TPSA) is 149 Å². The van der Waals surface area contributed by atoms with Crippen molar-refractivity contribution >= 4 is 18.2 Å². The molecule has 2 amide bonds. The number of benzene rings is 2. The Morgan fingerprint density at radius 2 is 1.85 bits per heavy atom. The number of hydrazone groups is 1. The minimum Gasteiger partial charge on any atom is -0.493 e. The zero-order valence-corrected chi connectivity index (χ0v) is 23.4. The van der Waals surface area contributed by atoms with Crippen molar-refractivity contribution in [3.63, 3.8) is 0 Å². The molecule has 4 N–H and O–H groups in total. The van der Waals surface area contributed by atoms with Crippen molar-refractivity contribution in [2.45, 2.75) is 46.1 Å². The van der Waals surface area contributed by atoms with Gasteiger partial charge in [-0.25, -0.2) is 9.59 Å². The number of amides is 2. The van der Waals surface area contributed by atoms with Gasteiger partial charge in [-0.2, -0.15) is 5.10 Å². The van der Waals surface area contributed by atoms with Crippen LogP contribution in [0.15, 0.2) is 52.8 Å². The minimum atomic E-state index is -1.13. The Bertz CT molecular complexity index is 1260. The van der Waals surface area contributed by atoms with Gasteiger partial charge in [0.15, 0.2) is 29.2 Å². The first-order valence-corrected chi connectivity index (χ1v) is 12.7. The molecule has 0 saturated heterocycles. The Labute approximate surface area is 233 Å². The summed E-state index contributed by atoms with van der Waals surface area (Å²) in [5, 5.41) is 19.7. The molecule has 12 heteroatoms. The maximum absolute atomic E-state index is 12.4. The molecule has 216 valence electrons. The quantitative estimate of drug-likeness (QED) is 0.126. The van der Waals surface area contributed by atoms with Gasteiger partial charge >= 0.3 is 12.0 Å². The summed E-state index contributed by atoms with van der Waals surface area (Å²) in [5.74, 6) is 1.37. The number of hydrogen-bond donors (Lipinski definition) is 4. The average Bonchev–Trinajstić information content (AvgIpc) is 2.92. The lowest BCUT2D eigenvalue weighted by Gasteiger charge is -2.28. The lowest BCUT2D eigenvalue weighted by atomic mass is 9.95. The van der Waals surface area contributed by atoms with Crippen molar-refractivity contribution in [2.24, 2.45) is 5.10 Å². The van der Waals surface area contributed by atoms with Gasteiger partial charge < -0.3 is 39.4 Å². The van der Waals surface area contributed by atoms with Crippen molar-refractivity contribution in [2.75, 3.05) is 27.4 Å². The van der Waals surface area contributed by atoms with Crippen LogP contribution in [0.3, 0.4) is 0 Å². The van der Waals surface area contributed by atoms with Gasteiger partial charge in [0.1, 0.15) is 6.61 Å². The second kappa shape index (κ2) is 14.1. The third-order valence-electron chi connectivity index (χ3n) is 5.66. The van der Waals surface area contributed by atoms with Crippen LogP contribution in [0.25, 0.3) is 0 Å². The zero-order valence-electron chi connectivity index (χ0n) is 23.4. The lowest BCUT2D eigenvalue weighted by Crippen LogP contribution is -2.45. The van der Waals surface area contributed by atoms with Crippen LogP contribution in [0, 0.1) is 0 Å². The Kier molecular flexibility index (Phi) is 10.6. The number of urea groups is 1. The van der Waals surface area contributed by atoms with Gasteiger partial charge in [-0.15, -0.1) is 0 Å². The fourth-order valence-corrected chi connectivity index (χ4v) is 3.94. The third-order valence-corrected chi connectivity index (χ3v) is 5.66. The van der Waals surface area contributed by atoms with Crippen LogP contribution in [-0.2, 0) is 9.53 Å². The second-order valence-corrected chi connectivity index (χ2v) is 8.99. The predicted molar refractivity (Wildman–Crippen MR) is 148 cm³/mol. The summed E-state index contributed by atoms with van der Waals surface area (Å²) in [7, 11) is 2.83. The molecule has 0 radical (unpaired) electrons. The van der Waals surface area contributed by atoms with E-state index in [4.69, 9.17) is 23.7 Å². The number of carbonyl (C=O) groups excluding carboxylic acids is 2. The highest BCUT2D eigenvalue weighted by atomic mass is 16.5. The number of methoxy groups -OCH3 is 2. The molecule has 40 heavy (non-hydrogen) atoms. The van der Waals surface area contributed by atoms with Crippen LogP contribution in [0.1, 0.15) is 44.9 Å². The van der Waals surface area contributed by atoms with E-state index < -0.39 is 24.3 Å². The SMILES string of the molecule is CCOc1cc([C@@H]2NC(=O)NC(C)=C2C(=O)OC)ccc1OC[C@H](O)N/N=C\c1ccc(OC(C)C)c(OC)c1. The number of carbonyl (C=O) groups is 2. The second-order valence-electron chi connectivity index (χ2n) is 8.99. The molecule has 0 unspecified atom stereocenters. The van der Waals surface area contributed by atoms with Crippen LogP contribution in [0.5, 0.6) is 23.0 Å². The van der Waals surface area contributed by atoms with Crippen LogP contribution >= 0.6 is 0 Å². The van der Waals surface area contributed by atoms with Crippen molar-refractivity contribution in [1.82, 2.24) is 16.1 Å². The molecule has 0 bridgehead atoms. The number of aliphatic hydroxyl groups excluding tert-OH is 1. The number of nitrogens with one attached hydrogen (secondary N) is 3. The number of rotatable bonds is 13. The predicted octanol–water partition coefficient (Wildman–Crippen LogP) is 3.00. The summed E-state index contributed by atoms with van der Waals surface area (Å²) >= 11 is 0. The summed E-state index contributed by atoms with van der Waals surface area (Å²) in [5.41, 5.74) is 4.61. The maximum atomic E-state index is 12.4. The largest absolute Gasteiger partial charge is 0.493 e. The van der Waals surface area contributed by atoms with E-state index >= 15 is 0 Å². The third kappa shape index (κ3) is 7.79. The molecular formula is C28H36N4O8. The highest BCUT2D eigenvalue weighted by Crippen LogP contribution is 2.35. The number of nitrogens with zero attached hydrogens (tertiary/aromatic N) is 1. The highest BCUT2D eigenvalue weighted by Gasteiger charge is 2.32. The smallest absolute Gasteiger partial charge is 0.337 e. The molecule has 12 nitrogen and oxygen atoms in total. The van der Waals surface area contributed by atoms with Gasteiger partial charge in [-0.1, -0.05) is 6.07 Å². The Morgan fingerprint density at radius 3 is 2.52 bits per heavy atom. The normalized spacial score (nSPS) is 15.8. The molecule has 0 aliphatic carbocycles. The van der Waals surface area contributed by atoms with E-state index in [1.165, 1.54) is 13.3 Å². The molecule has 1 heterocycles. The summed E-state index contributed by atoms with van der Waals surface area (Å²) in [6, 6.07) is 9.20. The van der Waals surface area contributed by atoms with Crippen LogP contribution in [0.2, 0.25) is 0 Å². The Hall–Kier alpha value is -4.45. The number of ether oxygens (including phenoxy) is 5. The van der Waals surface area contributed by atoms with Gasteiger partial charge in [-0.3, -0.25) is 5.43 Å². The summed E-state index contributed by atoms with van der Waals surface area (Å²) in [6.07, 6.45) is 0.414. The van der Waals surface area contributed by atoms with Gasteiger partial charge in [0, 0.05) is 5.70 Å². The molecule has 0 aromatic heterocycles. The number of hydrogen-bond acceptors (Lipinski definition) is 10. The standard InChI is InChI=1S/C28H36N4O8/c1-7-38-23-13-19(26-25(27(34)37-6)17(4)30-28(35)31-26)9-11-20(23)39-15-24(33)32-29-14-18-8-10-21(40-16(2)3)22(12-18)36-5/h8-14,16,24,26,32-33H,7,15H2,1-6H3,(H2,30,31,35)/b29-14-/t24-,26-/m0/s1. The van der Waals surface area contributed by atoms with E-state index in [-0.39, 0.29) is 18.3 Å². The van der Waals surface area contributed by atoms with E-state index in [1.54, 1.807) is 44.4 Å². The molecule has 2 atom stereocenters. The van der Waals surface area contributed by atoms with E-state index in [2.05, 4.69) is 21.2 Å².